The average Bonchev–Trinajstić information content (AvgIpc) is 3.02. The molecule has 1 fully saturated rings. The minimum absolute atomic E-state index is 0.504. The molecule has 0 saturated carbocycles. The minimum atomic E-state index is 0.504. The van der Waals surface area contributed by atoms with Crippen molar-refractivity contribution in [1.29, 1.82) is 0 Å². The molecule has 0 spiro atoms. The van der Waals surface area contributed by atoms with Crippen molar-refractivity contribution in [1.82, 2.24) is 10.3 Å². The Morgan fingerprint density at radius 3 is 3.09 bits per heavy atom. The van der Waals surface area contributed by atoms with E-state index in [9.17, 15) is 0 Å². The number of nitrogens with zero attached hydrogens (tertiary/aromatic N) is 1. The van der Waals surface area contributed by atoms with Crippen molar-refractivity contribution in [3.8, 4) is 5.75 Å². The second-order valence-corrected chi connectivity index (χ2v) is 6.17. The summed E-state index contributed by atoms with van der Waals surface area (Å²) in [6.45, 7) is 7.33. The zero-order valence-corrected chi connectivity index (χ0v) is 13.4. The van der Waals surface area contributed by atoms with Gasteiger partial charge in [-0.25, -0.2) is 0 Å². The third-order valence-corrected chi connectivity index (χ3v) is 4.93. The molecule has 0 amide bonds. The summed E-state index contributed by atoms with van der Waals surface area (Å²) in [6.07, 6.45) is 6.24. The topological polar surface area (TPSA) is 34.2 Å². The van der Waals surface area contributed by atoms with Gasteiger partial charge in [-0.1, -0.05) is 13.0 Å². The van der Waals surface area contributed by atoms with E-state index in [1.165, 1.54) is 17.4 Å². The maximum Gasteiger partial charge on any atom is 0.119 e. The predicted octanol–water partition coefficient (Wildman–Crippen LogP) is 3.59. The Bertz CT molecular complexity index is 668. The van der Waals surface area contributed by atoms with Gasteiger partial charge in [-0.2, -0.15) is 0 Å². The molecule has 2 aromatic rings. The Kier molecular flexibility index (Phi) is 4.44. The molecule has 1 aromatic heterocycles. The van der Waals surface area contributed by atoms with Crippen LogP contribution in [-0.4, -0.2) is 24.7 Å². The van der Waals surface area contributed by atoms with Crippen LogP contribution in [0.1, 0.15) is 18.9 Å². The molecule has 0 bridgehead atoms. The average molecular weight is 296 g/mol. The first-order valence-electron chi connectivity index (χ1n) is 8.00. The van der Waals surface area contributed by atoms with E-state index in [1.807, 2.05) is 18.3 Å². The van der Waals surface area contributed by atoms with Crippen molar-refractivity contribution in [2.45, 2.75) is 25.8 Å². The molecular formula is C19H24N2O. The van der Waals surface area contributed by atoms with Crippen LogP contribution in [0.5, 0.6) is 5.75 Å². The molecule has 0 aliphatic carbocycles. The van der Waals surface area contributed by atoms with Crippen LogP contribution in [-0.2, 0) is 6.42 Å². The number of hydrogen-bond acceptors (Lipinski definition) is 3. The van der Waals surface area contributed by atoms with E-state index in [1.54, 1.807) is 7.11 Å². The van der Waals surface area contributed by atoms with Crippen molar-refractivity contribution in [2.24, 2.45) is 11.8 Å². The van der Waals surface area contributed by atoms with Crippen molar-refractivity contribution in [3.05, 3.63) is 48.7 Å². The number of hydrogen-bond donors (Lipinski definition) is 1. The van der Waals surface area contributed by atoms with Gasteiger partial charge in [0.25, 0.3) is 0 Å². The summed E-state index contributed by atoms with van der Waals surface area (Å²) < 4.78 is 5.37. The zero-order chi connectivity index (χ0) is 15.5. The standard InChI is InChI=1S/C19H24N2O/c1-4-13(2)16-8-10-21-19(16)11-14-7-9-20-18-6-5-15(22-3)12-17(14)18/h4-7,9,12-13,16,19,21H,1,8,10-11H2,2-3H3. The number of aromatic nitrogens is 1. The molecule has 0 radical (unpaired) electrons. The molecule has 1 aliphatic rings. The normalized spacial score (nSPS) is 22.6. The Morgan fingerprint density at radius 2 is 2.32 bits per heavy atom. The van der Waals surface area contributed by atoms with Gasteiger partial charge in [-0.15, -0.1) is 6.58 Å². The van der Waals surface area contributed by atoms with Gasteiger partial charge in [-0.3, -0.25) is 4.98 Å². The summed E-state index contributed by atoms with van der Waals surface area (Å²) in [4.78, 5) is 4.47. The third-order valence-electron chi connectivity index (χ3n) is 4.93. The van der Waals surface area contributed by atoms with E-state index in [4.69, 9.17) is 4.74 Å². The summed E-state index contributed by atoms with van der Waals surface area (Å²) in [5.74, 6) is 2.09. The summed E-state index contributed by atoms with van der Waals surface area (Å²) in [5.41, 5.74) is 2.37. The highest BCUT2D eigenvalue weighted by Gasteiger charge is 2.30. The van der Waals surface area contributed by atoms with E-state index in [0.717, 1.165) is 24.2 Å². The van der Waals surface area contributed by atoms with Gasteiger partial charge in [-0.05, 0) is 61.1 Å². The van der Waals surface area contributed by atoms with E-state index < -0.39 is 0 Å². The second kappa shape index (κ2) is 6.49. The van der Waals surface area contributed by atoms with Gasteiger partial charge in [0, 0.05) is 17.6 Å². The Morgan fingerprint density at radius 1 is 1.45 bits per heavy atom. The van der Waals surface area contributed by atoms with Crippen molar-refractivity contribution < 1.29 is 4.74 Å². The lowest BCUT2D eigenvalue weighted by molar-refractivity contribution is 0.368. The van der Waals surface area contributed by atoms with Crippen LogP contribution >= 0.6 is 0 Å². The molecule has 1 N–H and O–H groups in total. The lowest BCUT2D eigenvalue weighted by Crippen LogP contribution is -2.32. The molecule has 3 nitrogen and oxygen atoms in total. The van der Waals surface area contributed by atoms with Gasteiger partial charge in [0.05, 0.1) is 12.6 Å². The quantitative estimate of drug-likeness (QED) is 0.856. The third kappa shape index (κ3) is 2.86. The SMILES string of the molecule is C=CC(C)C1CCNC1Cc1ccnc2ccc(OC)cc12. The number of nitrogens with one attached hydrogen (secondary N) is 1. The number of rotatable bonds is 5. The highest BCUT2D eigenvalue weighted by Crippen LogP contribution is 2.30. The Hall–Kier alpha value is -1.87. The molecule has 22 heavy (non-hydrogen) atoms. The fourth-order valence-corrected chi connectivity index (χ4v) is 3.54. The zero-order valence-electron chi connectivity index (χ0n) is 13.4. The summed E-state index contributed by atoms with van der Waals surface area (Å²) in [7, 11) is 1.71. The number of ether oxygens (including phenoxy) is 1. The lowest BCUT2D eigenvalue weighted by Gasteiger charge is -2.24. The highest BCUT2D eigenvalue weighted by molar-refractivity contribution is 5.83. The molecule has 1 aliphatic heterocycles. The van der Waals surface area contributed by atoms with E-state index in [-0.39, 0.29) is 0 Å². The molecular weight excluding hydrogens is 272 g/mol. The van der Waals surface area contributed by atoms with Gasteiger partial charge < -0.3 is 10.1 Å². The first kappa shape index (κ1) is 15.0. The van der Waals surface area contributed by atoms with Crippen LogP contribution in [0.15, 0.2) is 43.1 Å². The Labute approximate surface area is 132 Å². The molecule has 116 valence electrons. The van der Waals surface area contributed by atoms with Crippen LogP contribution in [0.3, 0.4) is 0 Å². The maximum absolute atomic E-state index is 5.37. The number of pyridine rings is 1. The van der Waals surface area contributed by atoms with Crippen molar-refractivity contribution >= 4 is 10.9 Å². The number of benzene rings is 1. The van der Waals surface area contributed by atoms with Gasteiger partial charge >= 0.3 is 0 Å². The first-order valence-corrected chi connectivity index (χ1v) is 8.00. The van der Waals surface area contributed by atoms with Crippen LogP contribution in [0.4, 0.5) is 0 Å². The fourth-order valence-electron chi connectivity index (χ4n) is 3.54. The second-order valence-electron chi connectivity index (χ2n) is 6.17. The van der Waals surface area contributed by atoms with Gasteiger partial charge in [0.15, 0.2) is 0 Å². The molecule has 3 rings (SSSR count). The lowest BCUT2D eigenvalue weighted by atomic mass is 9.84. The molecule has 3 atom stereocenters. The summed E-state index contributed by atoms with van der Waals surface area (Å²) in [5, 5.41) is 4.86. The van der Waals surface area contributed by atoms with Gasteiger partial charge in [0.2, 0.25) is 0 Å². The number of allylic oxidation sites excluding steroid dienone is 1. The first-order chi connectivity index (χ1) is 10.7. The number of methoxy groups -OCH3 is 1. The van der Waals surface area contributed by atoms with Crippen LogP contribution < -0.4 is 10.1 Å². The molecule has 1 saturated heterocycles. The maximum atomic E-state index is 5.37. The van der Waals surface area contributed by atoms with E-state index in [0.29, 0.717) is 17.9 Å². The van der Waals surface area contributed by atoms with Crippen LogP contribution in [0.25, 0.3) is 10.9 Å². The van der Waals surface area contributed by atoms with E-state index >= 15 is 0 Å². The van der Waals surface area contributed by atoms with Crippen molar-refractivity contribution in [2.75, 3.05) is 13.7 Å². The smallest absolute Gasteiger partial charge is 0.119 e. The highest BCUT2D eigenvalue weighted by atomic mass is 16.5. The van der Waals surface area contributed by atoms with Crippen LogP contribution in [0, 0.1) is 11.8 Å². The molecule has 1 aromatic carbocycles. The van der Waals surface area contributed by atoms with Gasteiger partial charge in [0.1, 0.15) is 5.75 Å². The monoisotopic (exact) mass is 296 g/mol. The molecule has 3 unspecified atom stereocenters. The fraction of sp³-hybridized carbons (Fsp3) is 0.421. The van der Waals surface area contributed by atoms with Crippen molar-refractivity contribution in [3.63, 3.8) is 0 Å². The van der Waals surface area contributed by atoms with E-state index in [2.05, 4.69) is 42.0 Å². The van der Waals surface area contributed by atoms with Crippen LogP contribution in [0.2, 0.25) is 0 Å². The molecule has 3 heteroatoms. The minimum Gasteiger partial charge on any atom is -0.497 e. The summed E-state index contributed by atoms with van der Waals surface area (Å²) >= 11 is 0. The largest absolute Gasteiger partial charge is 0.497 e. The summed E-state index contributed by atoms with van der Waals surface area (Å²) in [6, 6.07) is 8.74. The predicted molar refractivity (Wildman–Crippen MR) is 91.3 cm³/mol. The molecule has 2 heterocycles. The number of fused-ring (bicyclic) bond motifs is 1. The Balaban J connectivity index is 1.91.